The Bertz CT molecular complexity index is 78.2. The zero-order chi connectivity index (χ0) is 8.69. The van der Waals surface area contributed by atoms with Crippen LogP contribution in [0.3, 0.4) is 0 Å². The molecule has 0 amide bonds. The predicted molar refractivity (Wildman–Crippen MR) is 48.6 cm³/mol. The van der Waals surface area contributed by atoms with Crippen LogP contribution in [-0.4, -0.2) is 12.2 Å². The molecule has 0 saturated heterocycles. The molecular formula is C8H18O2P-. The molecule has 0 heterocycles. The fourth-order valence-corrected chi connectivity index (χ4v) is 0.963. The van der Waals surface area contributed by atoms with Crippen LogP contribution < -0.4 is 0 Å². The van der Waals surface area contributed by atoms with Gasteiger partial charge in [-0.05, 0) is 26.7 Å². The molecule has 0 bridgehead atoms. The summed E-state index contributed by atoms with van der Waals surface area (Å²) < 4.78 is 10.6. The predicted octanol–water partition coefficient (Wildman–Crippen LogP) is 3.39. The van der Waals surface area contributed by atoms with Crippen LogP contribution in [0.5, 0.6) is 0 Å². The van der Waals surface area contributed by atoms with Crippen LogP contribution >= 0.6 is 9.03 Å². The van der Waals surface area contributed by atoms with E-state index in [0.29, 0.717) is 21.2 Å². The first-order chi connectivity index (χ1) is 5.20. The maximum atomic E-state index is 5.31. The summed E-state index contributed by atoms with van der Waals surface area (Å²) in [7, 11) is 0.663. The quantitative estimate of drug-likeness (QED) is 0.579. The third kappa shape index (κ3) is 6.74. The van der Waals surface area contributed by atoms with Gasteiger partial charge in [0.05, 0.1) is 0 Å². The van der Waals surface area contributed by atoms with Crippen molar-refractivity contribution in [2.75, 3.05) is 0 Å². The molecule has 2 atom stereocenters. The molecule has 2 nitrogen and oxygen atoms in total. The zero-order valence-electron chi connectivity index (χ0n) is 7.83. The van der Waals surface area contributed by atoms with Crippen LogP contribution in [0.1, 0.15) is 40.5 Å². The van der Waals surface area contributed by atoms with Crippen molar-refractivity contribution in [3.8, 4) is 0 Å². The topological polar surface area (TPSA) is 18.5 Å². The molecule has 0 fully saturated rings. The Morgan fingerprint density at radius 1 is 1.00 bits per heavy atom. The van der Waals surface area contributed by atoms with E-state index in [2.05, 4.69) is 13.8 Å². The summed E-state index contributed by atoms with van der Waals surface area (Å²) >= 11 is 0. The molecule has 0 aromatic heterocycles. The van der Waals surface area contributed by atoms with Gasteiger partial charge in [-0.15, -0.1) is 0 Å². The molecule has 0 aliphatic rings. The van der Waals surface area contributed by atoms with Gasteiger partial charge in [-0.3, -0.25) is 0 Å². The first-order valence-electron chi connectivity index (χ1n) is 4.22. The normalized spacial score (nSPS) is 17.5. The minimum Gasteiger partial charge on any atom is -0.527 e. The van der Waals surface area contributed by atoms with Crippen LogP contribution in [0.25, 0.3) is 0 Å². The first-order valence-corrected chi connectivity index (χ1v) is 4.95. The monoisotopic (exact) mass is 177 g/mol. The molecule has 0 N–H and O–H groups in total. The second-order valence-corrected chi connectivity index (χ2v) is 3.29. The van der Waals surface area contributed by atoms with Gasteiger partial charge in [-0.2, -0.15) is 0 Å². The Morgan fingerprint density at radius 2 is 1.36 bits per heavy atom. The maximum absolute atomic E-state index is 5.31. The van der Waals surface area contributed by atoms with Crippen LogP contribution in [0.2, 0.25) is 0 Å². The van der Waals surface area contributed by atoms with E-state index < -0.39 is 0 Å². The van der Waals surface area contributed by atoms with Crippen LogP contribution in [-0.2, 0) is 9.05 Å². The van der Waals surface area contributed by atoms with Gasteiger partial charge >= 0.3 is 0 Å². The highest BCUT2D eigenvalue weighted by Crippen LogP contribution is 2.21. The summed E-state index contributed by atoms with van der Waals surface area (Å²) in [6.07, 6.45) is 2.69. The summed E-state index contributed by atoms with van der Waals surface area (Å²) in [6.45, 7) is 8.30. The van der Waals surface area contributed by atoms with E-state index in [1.165, 1.54) is 0 Å². The SMILES string of the molecule is CCC(C)O[P-]OC(C)CC. The molecule has 0 rings (SSSR count). The Balaban J connectivity index is 3.13. The molecule has 3 heteroatoms. The van der Waals surface area contributed by atoms with Crippen LogP contribution in [0.15, 0.2) is 0 Å². The Labute approximate surface area is 71.6 Å². The van der Waals surface area contributed by atoms with Crippen molar-refractivity contribution in [2.24, 2.45) is 0 Å². The second-order valence-electron chi connectivity index (χ2n) is 2.72. The van der Waals surface area contributed by atoms with Gasteiger partial charge in [0, 0.05) is 12.2 Å². The molecule has 0 radical (unpaired) electrons. The molecule has 0 aliphatic carbocycles. The Kier molecular flexibility index (Phi) is 7.25. The lowest BCUT2D eigenvalue weighted by Gasteiger charge is -2.28. The number of hydrogen-bond acceptors (Lipinski definition) is 2. The first kappa shape index (κ1) is 11.4. The largest absolute Gasteiger partial charge is 0.527 e. The average molecular weight is 177 g/mol. The summed E-state index contributed by atoms with van der Waals surface area (Å²) in [5.41, 5.74) is 0. The minimum atomic E-state index is 0.306. The van der Waals surface area contributed by atoms with Crippen molar-refractivity contribution in [3.63, 3.8) is 0 Å². The molecule has 0 aromatic carbocycles. The van der Waals surface area contributed by atoms with Crippen molar-refractivity contribution < 1.29 is 9.05 Å². The minimum absolute atomic E-state index is 0.306. The second kappa shape index (κ2) is 7.02. The molecule has 68 valence electrons. The summed E-state index contributed by atoms with van der Waals surface area (Å²) in [5.74, 6) is 0. The molecule has 2 unspecified atom stereocenters. The molecular weight excluding hydrogens is 159 g/mol. The van der Waals surface area contributed by atoms with Gasteiger partial charge in [0.2, 0.25) is 0 Å². The highest BCUT2D eigenvalue weighted by Gasteiger charge is 1.91. The van der Waals surface area contributed by atoms with E-state index in [0.717, 1.165) is 12.8 Å². The lowest BCUT2D eigenvalue weighted by Crippen LogP contribution is -2.03. The lowest BCUT2D eigenvalue weighted by atomic mass is 10.3. The number of hydrogen-bond donors (Lipinski definition) is 0. The van der Waals surface area contributed by atoms with Gasteiger partial charge in [-0.25, -0.2) is 9.03 Å². The molecule has 0 aromatic rings. The van der Waals surface area contributed by atoms with Gasteiger partial charge in [0.25, 0.3) is 0 Å². The van der Waals surface area contributed by atoms with Crippen molar-refractivity contribution in [1.29, 1.82) is 0 Å². The molecule has 0 spiro atoms. The van der Waals surface area contributed by atoms with E-state index in [4.69, 9.17) is 9.05 Å². The van der Waals surface area contributed by atoms with Gasteiger partial charge < -0.3 is 9.05 Å². The van der Waals surface area contributed by atoms with E-state index in [1.54, 1.807) is 0 Å². The van der Waals surface area contributed by atoms with Crippen molar-refractivity contribution in [3.05, 3.63) is 0 Å². The van der Waals surface area contributed by atoms with Gasteiger partial charge in [0.1, 0.15) is 0 Å². The van der Waals surface area contributed by atoms with Crippen molar-refractivity contribution >= 4 is 9.03 Å². The lowest BCUT2D eigenvalue weighted by molar-refractivity contribution is 0.169. The third-order valence-corrected chi connectivity index (χ3v) is 2.49. The van der Waals surface area contributed by atoms with Gasteiger partial charge in [-0.1, -0.05) is 13.8 Å². The molecule has 0 aliphatic heterocycles. The van der Waals surface area contributed by atoms with Crippen LogP contribution in [0.4, 0.5) is 0 Å². The number of rotatable bonds is 6. The summed E-state index contributed by atoms with van der Waals surface area (Å²) in [6, 6.07) is 0. The van der Waals surface area contributed by atoms with Crippen molar-refractivity contribution in [1.82, 2.24) is 0 Å². The standard InChI is InChI=1S/C8H18O2P/c1-5-7(3)9-11-10-8(4)6-2/h7-8H,5-6H2,1-4H3/q-1. The van der Waals surface area contributed by atoms with Crippen LogP contribution in [0, 0.1) is 0 Å². The Morgan fingerprint density at radius 3 is 1.64 bits per heavy atom. The fraction of sp³-hybridized carbons (Fsp3) is 1.00. The van der Waals surface area contributed by atoms with Gasteiger partial charge in [0.15, 0.2) is 0 Å². The highest BCUT2D eigenvalue weighted by atomic mass is 31.1. The van der Waals surface area contributed by atoms with E-state index in [1.807, 2.05) is 13.8 Å². The fourth-order valence-electron chi connectivity index (χ4n) is 0.321. The maximum Gasteiger partial charge on any atom is 0.0220 e. The third-order valence-electron chi connectivity index (χ3n) is 1.60. The van der Waals surface area contributed by atoms with E-state index in [9.17, 15) is 0 Å². The summed E-state index contributed by atoms with van der Waals surface area (Å²) in [5, 5.41) is 0. The summed E-state index contributed by atoms with van der Waals surface area (Å²) in [4.78, 5) is 0. The average Bonchev–Trinajstić information content (AvgIpc) is 2.04. The van der Waals surface area contributed by atoms with Crippen molar-refractivity contribution in [2.45, 2.75) is 52.7 Å². The molecule has 11 heavy (non-hydrogen) atoms. The Hall–Kier alpha value is 0.350. The zero-order valence-corrected chi connectivity index (χ0v) is 8.73. The highest BCUT2D eigenvalue weighted by molar-refractivity contribution is 7.26. The smallest absolute Gasteiger partial charge is 0.0220 e. The van der Waals surface area contributed by atoms with E-state index in [-0.39, 0.29) is 0 Å². The molecule has 0 saturated carbocycles. The van der Waals surface area contributed by atoms with E-state index >= 15 is 0 Å².